The van der Waals surface area contributed by atoms with Crippen molar-refractivity contribution < 1.29 is 9.13 Å². The average Bonchev–Trinajstić information content (AvgIpc) is 3.12. The van der Waals surface area contributed by atoms with E-state index in [4.69, 9.17) is 10.5 Å². The molecule has 31 heavy (non-hydrogen) atoms. The molecule has 3 aromatic rings. The second kappa shape index (κ2) is 9.65. The third-order valence-electron chi connectivity index (χ3n) is 4.90. The van der Waals surface area contributed by atoms with Gasteiger partial charge in [0.2, 0.25) is 0 Å². The molecule has 0 saturated heterocycles. The normalized spacial score (nSPS) is 13.1. The summed E-state index contributed by atoms with van der Waals surface area (Å²) >= 11 is 0. The first-order chi connectivity index (χ1) is 14.8. The lowest BCUT2D eigenvalue weighted by Crippen LogP contribution is -2.13. The Bertz CT molecular complexity index is 1130. The van der Waals surface area contributed by atoms with Crippen molar-refractivity contribution in [2.45, 2.75) is 26.8 Å². The van der Waals surface area contributed by atoms with Crippen LogP contribution < -0.4 is 10.5 Å². The number of rotatable bonds is 8. The van der Waals surface area contributed by atoms with Crippen molar-refractivity contribution in [3.63, 3.8) is 0 Å². The number of allylic oxidation sites excluding steroid dienone is 1. The number of aliphatic imine (C=N–C) groups is 1. The largest absolute Gasteiger partial charge is 0.492 e. The molecule has 0 bridgehead atoms. The van der Waals surface area contributed by atoms with Gasteiger partial charge in [-0.3, -0.25) is 14.4 Å². The van der Waals surface area contributed by atoms with Gasteiger partial charge < -0.3 is 15.4 Å². The molecule has 2 heterocycles. The van der Waals surface area contributed by atoms with Gasteiger partial charge in [-0.1, -0.05) is 0 Å². The molecule has 1 aromatic carbocycles. The SMILES string of the molecule is CN=C(C)C(CCOc1cc(F)ccc1-c1cn2c(CN(C)C)nnc2cn1)=C(C)N. The number of ether oxygens (including phenoxy) is 1. The molecule has 0 aliphatic carbocycles. The third-order valence-corrected chi connectivity index (χ3v) is 4.90. The maximum Gasteiger partial charge on any atom is 0.179 e. The molecule has 0 aliphatic heterocycles. The van der Waals surface area contributed by atoms with Crippen molar-refractivity contribution in [1.29, 1.82) is 0 Å². The molecule has 2 aromatic heterocycles. The van der Waals surface area contributed by atoms with Gasteiger partial charge in [0.05, 0.1) is 25.0 Å². The van der Waals surface area contributed by atoms with E-state index in [-0.39, 0.29) is 5.82 Å². The third kappa shape index (κ3) is 5.24. The first kappa shape index (κ1) is 22.4. The number of hydrogen-bond acceptors (Lipinski definition) is 7. The molecule has 0 aliphatic rings. The molecule has 0 radical (unpaired) electrons. The number of hydrogen-bond donors (Lipinski definition) is 1. The zero-order valence-corrected chi connectivity index (χ0v) is 18.6. The van der Waals surface area contributed by atoms with Crippen LogP contribution in [0.4, 0.5) is 4.39 Å². The van der Waals surface area contributed by atoms with E-state index < -0.39 is 0 Å². The van der Waals surface area contributed by atoms with Crippen molar-refractivity contribution in [1.82, 2.24) is 24.5 Å². The zero-order chi connectivity index (χ0) is 22.5. The molecule has 3 rings (SSSR count). The summed E-state index contributed by atoms with van der Waals surface area (Å²) in [6, 6.07) is 4.43. The minimum Gasteiger partial charge on any atom is -0.492 e. The number of halogens is 1. The molecule has 164 valence electrons. The molecule has 8 nitrogen and oxygen atoms in total. The fourth-order valence-electron chi connectivity index (χ4n) is 3.27. The highest BCUT2D eigenvalue weighted by Gasteiger charge is 2.14. The predicted octanol–water partition coefficient (Wildman–Crippen LogP) is 3.08. The molecule has 0 fully saturated rings. The van der Waals surface area contributed by atoms with Gasteiger partial charge in [0.15, 0.2) is 11.5 Å². The van der Waals surface area contributed by atoms with E-state index in [0.717, 1.165) is 17.1 Å². The Kier molecular flexibility index (Phi) is 6.96. The minimum absolute atomic E-state index is 0.327. The van der Waals surface area contributed by atoms with Crippen LogP contribution in [-0.2, 0) is 6.54 Å². The maximum absolute atomic E-state index is 14.0. The van der Waals surface area contributed by atoms with Crippen molar-refractivity contribution in [2.75, 3.05) is 27.7 Å². The van der Waals surface area contributed by atoms with Crippen LogP contribution >= 0.6 is 0 Å². The standard InChI is InChI=1S/C22H28FN7O/c1-14(24)17(15(2)25-3)8-9-31-20-10-16(23)6-7-18(20)19-12-30-21(11-26-19)27-28-22(30)13-29(4)5/h6-7,10-12H,8-9,13,24H2,1-5H3. The Hall–Kier alpha value is -3.33. The number of nitrogens with zero attached hydrogens (tertiary/aromatic N) is 6. The van der Waals surface area contributed by atoms with E-state index in [1.165, 1.54) is 12.1 Å². The van der Waals surface area contributed by atoms with Gasteiger partial charge in [0.1, 0.15) is 11.6 Å². The summed E-state index contributed by atoms with van der Waals surface area (Å²) in [5.41, 5.74) is 10.4. The van der Waals surface area contributed by atoms with Crippen LogP contribution in [0.15, 0.2) is 46.9 Å². The molecule has 0 saturated carbocycles. The second-order valence-corrected chi connectivity index (χ2v) is 7.56. The summed E-state index contributed by atoms with van der Waals surface area (Å²) in [5, 5.41) is 8.39. The van der Waals surface area contributed by atoms with Gasteiger partial charge in [-0.2, -0.15) is 0 Å². The summed E-state index contributed by atoms with van der Waals surface area (Å²) < 4.78 is 21.8. The summed E-state index contributed by atoms with van der Waals surface area (Å²) in [7, 11) is 5.65. The maximum atomic E-state index is 14.0. The van der Waals surface area contributed by atoms with Crippen LogP contribution in [0.5, 0.6) is 5.75 Å². The van der Waals surface area contributed by atoms with Crippen LogP contribution in [0.3, 0.4) is 0 Å². The van der Waals surface area contributed by atoms with E-state index in [1.54, 1.807) is 19.3 Å². The van der Waals surface area contributed by atoms with E-state index in [1.807, 2.05) is 43.4 Å². The quantitative estimate of drug-likeness (QED) is 0.558. The van der Waals surface area contributed by atoms with Crippen LogP contribution in [0, 0.1) is 5.82 Å². The number of benzene rings is 1. The van der Waals surface area contributed by atoms with Crippen molar-refractivity contribution >= 4 is 11.4 Å². The Morgan fingerprint density at radius 3 is 2.71 bits per heavy atom. The highest BCUT2D eigenvalue weighted by Crippen LogP contribution is 2.30. The number of aromatic nitrogens is 4. The lowest BCUT2D eigenvalue weighted by Gasteiger charge is -2.14. The Balaban J connectivity index is 1.90. The van der Waals surface area contributed by atoms with Crippen molar-refractivity contribution in [3.05, 3.63) is 53.5 Å². The summed E-state index contributed by atoms with van der Waals surface area (Å²) in [4.78, 5) is 10.7. The highest BCUT2D eigenvalue weighted by atomic mass is 19.1. The van der Waals surface area contributed by atoms with E-state index in [9.17, 15) is 4.39 Å². The van der Waals surface area contributed by atoms with Crippen molar-refractivity contribution in [2.24, 2.45) is 10.7 Å². The second-order valence-electron chi connectivity index (χ2n) is 7.56. The predicted molar refractivity (Wildman–Crippen MR) is 120 cm³/mol. The lowest BCUT2D eigenvalue weighted by molar-refractivity contribution is 0.322. The first-order valence-electron chi connectivity index (χ1n) is 9.96. The molecule has 0 unspecified atom stereocenters. The smallest absolute Gasteiger partial charge is 0.179 e. The van der Waals surface area contributed by atoms with Crippen LogP contribution in [0.1, 0.15) is 26.1 Å². The molecular formula is C22H28FN7O. The number of fused-ring (bicyclic) bond motifs is 1. The first-order valence-corrected chi connectivity index (χ1v) is 9.96. The van der Waals surface area contributed by atoms with E-state index in [0.29, 0.717) is 47.9 Å². The Morgan fingerprint density at radius 2 is 2.03 bits per heavy atom. The Labute approximate surface area is 181 Å². The van der Waals surface area contributed by atoms with Crippen LogP contribution in [0.2, 0.25) is 0 Å². The summed E-state index contributed by atoms with van der Waals surface area (Å²) in [6.45, 7) is 4.70. The fraction of sp³-hybridized carbons (Fsp3) is 0.364. The molecule has 2 N–H and O–H groups in total. The van der Waals surface area contributed by atoms with Gasteiger partial charge in [-0.05, 0) is 45.6 Å². The van der Waals surface area contributed by atoms with E-state index >= 15 is 0 Å². The zero-order valence-electron chi connectivity index (χ0n) is 18.6. The lowest BCUT2D eigenvalue weighted by atomic mass is 10.1. The van der Waals surface area contributed by atoms with E-state index in [2.05, 4.69) is 20.2 Å². The van der Waals surface area contributed by atoms with Crippen molar-refractivity contribution in [3.8, 4) is 17.0 Å². The van der Waals surface area contributed by atoms with Gasteiger partial charge >= 0.3 is 0 Å². The van der Waals surface area contributed by atoms with Crippen LogP contribution in [-0.4, -0.2) is 57.9 Å². The topological polar surface area (TPSA) is 93.9 Å². The fourth-order valence-corrected chi connectivity index (χ4v) is 3.27. The van der Waals surface area contributed by atoms with Gasteiger partial charge in [-0.25, -0.2) is 4.39 Å². The monoisotopic (exact) mass is 425 g/mol. The Morgan fingerprint density at radius 1 is 1.26 bits per heavy atom. The molecular weight excluding hydrogens is 397 g/mol. The number of nitrogens with two attached hydrogens (primary N) is 1. The highest BCUT2D eigenvalue weighted by molar-refractivity contribution is 5.98. The average molecular weight is 426 g/mol. The summed E-state index contributed by atoms with van der Waals surface area (Å²) in [6.07, 6.45) is 4.05. The summed E-state index contributed by atoms with van der Waals surface area (Å²) in [5.74, 6) is 0.819. The van der Waals surface area contributed by atoms with Gasteiger partial charge in [0, 0.05) is 42.7 Å². The molecule has 0 spiro atoms. The minimum atomic E-state index is -0.380. The van der Waals surface area contributed by atoms with Gasteiger partial charge in [0.25, 0.3) is 0 Å². The molecule has 0 atom stereocenters. The van der Waals surface area contributed by atoms with Crippen LogP contribution in [0.25, 0.3) is 16.9 Å². The van der Waals surface area contributed by atoms with Gasteiger partial charge in [-0.15, -0.1) is 10.2 Å². The molecule has 0 amide bonds. The molecule has 9 heteroatoms.